The van der Waals surface area contributed by atoms with Crippen molar-refractivity contribution in [3.8, 4) is 0 Å². The maximum Gasteiger partial charge on any atom is 0.137 e. The largest absolute Gasteiger partial charge is 0.356 e. The summed E-state index contributed by atoms with van der Waals surface area (Å²) in [7, 11) is 0. The quantitative estimate of drug-likeness (QED) is 0.709. The van der Waals surface area contributed by atoms with Crippen LogP contribution in [0.4, 0.5) is 5.82 Å². The van der Waals surface area contributed by atoms with E-state index in [1.54, 1.807) is 0 Å². The SMILES string of the molecule is Cc1c(Cl)nc(C(C)(C)C)nc1N1CCC(C(C)(C)C)C1. The van der Waals surface area contributed by atoms with E-state index in [1.807, 2.05) is 6.92 Å². The molecule has 2 rings (SSSR count). The van der Waals surface area contributed by atoms with Crippen LogP contribution in [0, 0.1) is 18.3 Å². The molecule has 1 aliphatic rings. The van der Waals surface area contributed by atoms with Crippen LogP contribution in [0.5, 0.6) is 0 Å². The first-order valence-corrected chi connectivity index (χ1v) is 8.17. The van der Waals surface area contributed by atoms with E-state index in [2.05, 4.69) is 51.4 Å². The van der Waals surface area contributed by atoms with Gasteiger partial charge in [-0.3, -0.25) is 0 Å². The van der Waals surface area contributed by atoms with E-state index in [-0.39, 0.29) is 5.41 Å². The van der Waals surface area contributed by atoms with Crippen LogP contribution in [-0.2, 0) is 5.41 Å². The molecule has 1 aromatic rings. The van der Waals surface area contributed by atoms with Crippen molar-refractivity contribution < 1.29 is 0 Å². The lowest BCUT2D eigenvalue weighted by atomic mass is 9.80. The molecule has 1 saturated heterocycles. The van der Waals surface area contributed by atoms with Crippen molar-refractivity contribution >= 4 is 17.4 Å². The van der Waals surface area contributed by atoms with Gasteiger partial charge in [-0.15, -0.1) is 0 Å². The van der Waals surface area contributed by atoms with Gasteiger partial charge in [-0.25, -0.2) is 9.97 Å². The third-order valence-corrected chi connectivity index (χ3v) is 4.81. The summed E-state index contributed by atoms with van der Waals surface area (Å²) in [5.41, 5.74) is 1.25. The summed E-state index contributed by atoms with van der Waals surface area (Å²) in [6.45, 7) is 17.5. The van der Waals surface area contributed by atoms with Crippen molar-refractivity contribution in [2.75, 3.05) is 18.0 Å². The summed E-state index contributed by atoms with van der Waals surface area (Å²) in [4.78, 5) is 11.7. The van der Waals surface area contributed by atoms with Crippen molar-refractivity contribution in [1.82, 2.24) is 9.97 Å². The fourth-order valence-electron chi connectivity index (χ4n) is 2.78. The highest BCUT2D eigenvalue weighted by Gasteiger charge is 2.33. The summed E-state index contributed by atoms with van der Waals surface area (Å²) in [5.74, 6) is 2.54. The maximum absolute atomic E-state index is 6.35. The lowest BCUT2D eigenvalue weighted by Gasteiger charge is -2.28. The van der Waals surface area contributed by atoms with Crippen molar-refractivity contribution in [3.05, 3.63) is 16.5 Å². The highest BCUT2D eigenvalue weighted by atomic mass is 35.5. The lowest BCUT2D eigenvalue weighted by Crippen LogP contribution is -2.28. The van der Waals surface area contributed by atoms with Gasteiger partial charge in [-0.2, -0.15) is 0 Å². The Hall–Kier alpha value is -0.830. The summed E-state index contributed by atoms with van der Waals surface area (Å²) in [6.07, 6.45) is 1.22. The molecule has 2 heterocycles. The molecular formula is C17H28ClN3. The number of hydrogen-bond acceptors (Lipinski definition) is 3. The van der Waals surface area contributed by atoms with Gasteiger partial charge < -0.3 is 4.90 Å². The van der Waals surface area contributed by atoms with Gasteiger partial charge in [-0.05, 0) is 24.7 Å². The summed E-state index contributed by atoms with van der Waals surface area (Å²) < 4.78 is 0. The molecule has 21 heavy (non-hydrogen) atoms. The standard InChI is InChI=1S/C17H28ClN3/c1-11-13(18)19-15(17(5,6)7)20-14(11)21-9-8-12(10-21)16(2,3)4/h12H,8-10H2,1-7H3. The monoisotopic (exact) mass is 309 g/mol. The van der Waals surface area contributed by atoms with Crippen LogP contribution in [-0.4, -0.2) is 23.1 Å². The Morgan fingerprint density at radius 2 is 1.71 bits per heavy atom. The van der Waals surface area contributed by atoms with Crippen LogP contribution in [0.25, 0.3) is 0 Å². The lowest BCUT2D eigenvalue weighted by molar-refractivity contribution is 0.263. The Kier molecular flexibility index (Phi) is 4.27. The fraction of sp³-hybridized carbons (Fsp3) is 0.765. The van der Waals surface area contributed by atoms with Crippen molar-refractivity contribution in [1.29, 1.82) is 0 Å². The Labute approximate surface area is 134 Å². The topological polar surface area (TPSA) is 29.0 Å². The molecule has 0 aromatic carbocycles. The highest BCUT2D eigenvalue weighted by Crippen LogP contribution is 2.37. The number of nitrogens with zero attached hydrogens (tertiary/aromatic N) is 3. The Balaban J connectivity index is 2.35. The summed E-state index contributed by atoms with van der Waals surface area (Å²) in [5, 5.41) is 0.587. The molecule has 3 nitrogen and oxygen atoms in total. The molecule has 0 saturated carbocycles. The first-order valence-electron chi connectivity index (χ1n) is 7.79. The molecule has 1 atom stereocenters. The van der Waals surface area contributed by atoms with Crippen LogP contribution in [0.3, 0.4) is 0 Å². The van der Waals surface area contributed by atoms with Gasteiger partial charge in [-0.1, -0.05) is 53.1 Å². The second kappa shape index (κ2) is 5.42. The van der Waals surface area contributed by atoms with Crippen molar-refractivity contribution in [2.24, 2.45) is 11.3 Å². The first-order chi connectivity index (χ1) is 9.50. The second-order valence-electron chi connectivity index (χ2n) is 8.33. The Bertz CT molecular complexity index is 526. The molecule has 0 aliphatic carbocycles. The van der Waals surface area contributed by atoms with Gasteiger partial charge in [0.05, 0.1) is 0 Å². The molecule has 4 heteroatoms. The predicted molar refractivity (Wildman–Crippen MR) is 90.3 cm³/mol. The molecule has 1 unspecified atom stereocenters. The zero-order valence-electron chi connectivity index (χ0n) is 14.4. The van der Waals surface area contributed by atoms with Crippen LogP contribution < -0.4 is 4.90 Å². The van der Waals surface area contributed by atoms with Crippen LogP contribution in [0.1, 0.15) is 59.4 Å². The zero-order valence-corrected chi connectivity index (χ0v) is 15.2. The highest BCUT2D eigenvalue weighted by molar-refractivity contribution is 6.30. The van der Waals surface area contributed by atoms with Gasteiger partial charge in [0.2, 0.25) is 0 Å². The van der Waals surface area contributed by atoms with Crippen molar-refractivity contribution in [3.63, 3.8) is 0 Å². The predicted octanol–water partition coefficient (Wildman–Crippen LogP) is 4.61. The maximum atomic E-state index is 6.35. The molecule has 0 amide bonds. The average Bonchev–Trinajstić information content (AvgIpc) is 2.80. The van der Waals surface area contributed by atoms with Gasteiger partial charge >= 0.3 is 0 Å². The summed E-state index contributed by atoms with van der Waals surface area (Å²) in [6, 6.07) is 0. The number of halogens is 1. The number of anilines is 1. The van der Waals surface area contributed by atoms with Crippen LogP contribution >= 0.6 is 11.6 Å². The second-order valence-corrected chi connectivity index (χ2v) is 8.69. The molecule has 118 valence electrons. The minimum atomic E-state index is -0.0881. The molecule has 1 fully saturated rings. The van der Waals surface area contributed by atoms with Crippen LogP contribution in [0.2, 0.25) is 5.15 Å². The minimum absolute atomic E-state index is 0.0881. The third-order valence-electron chi connectivity index (χ3n) is 4.44. The molecule has 0 radical (unpaired) electrons. The molecule has 1 aromatic heterocycles. The smallest absolute Gasteiger partial charge is 0.137 e. The average molecular weight is 310 g/mol. The van der Waals surface area contributed by atoms with E-state index in [0.717, 1.165) is 30.3 Å². The van der Waals surface area contributed by atoms with E-state index < -0.39 is 0 Å². The van der Waals surface area contributed by atoms with E-state index >= 15 is 0 Å². The Morgan fingerprint density at radius 1 is 1.10 bits per heavy atom. The van der Waals surface area contributed by atoms with Gasteiger partial charge in [0.25, 0.3) is 0 Å². The first kappa shape index (κ1) is 16.5. The van der Waals surface area contributed by atoms with Gasteiger partial charge in [0.15, 0.2) is 0 Å². The van der Waals surface area contributed by atoms with Crippen molar-refractivity contribution in [2.45, 2.75) is 60.3 Å². The molecule has 0 bridgehead atoms. The van der Waals surface area contributed by atoms with Gasteiger partial charge in [0.1, 0.15) is 16.8 Å². The molecule has 0 spiro atoms. The van der Waals surface area contributed by atoms with E-state index in [9.17, 15) is 0 Å². The number of aromatic nitrogens is 2. The van der Waals surface area contributed by atoms with E-state index in [1.165, 1.54) is 6.42 Å². The Morgan fingerprint density at radius 3 is 2.19 bits per heavy atom. The number of rotatable bonds is 1. The third kappa shape index (κ3) is 3.50. The van der Waals surface area contributed by atoms with E-state index in [0.29, 0.717) is 16.5 Å². The molecule has 1 aliphatic heterocycles. The van der Waals surface area contributed by atoms with Crippen LogP contribution in [0.15, 0.2) is 0 Å². The normalized spacial score (nSPS) is 20.2. The van der Waals surface area contributed by atoms with E-state index in [4.69, 9.17) is 16.6 Å². The minimum Gasteiger partial charge on any atom is -0.356 e. The molecule has 0 N–H and O–H groups in total. The fourth-order valence-corrected chi connectivity index (χ4v) is 2.95. The molecular weight excluding hydrogens is 282 g/mol. The summed E-state index contributed by atoms with van der Waals surface area (Å²) >= 11 is 6.35. The van der Waals surface area contributed by atoms with Gasteiger partial charge in [0, 0.05) is 24.1 Å². The number of hydrogen-bond donors (Lipinski definition) is 0. The zero-order chi connectivity index (χ0) is 16.0.